The van der Waals surface area contributed by atoms with Gasteiger partial charge in [0, 0.05) is 6.54 Å². The number of halogens is 1. The minimum atomic E-state index is 0.701. The predicted octanol–water partition coefficient (Wildman–Crippen LogP) is 3.58. The molecule has 3 N–H and O–H groups in total. The average Bonchev–Trinajstić information content (AvgIpc) is 2.30. The van der Waals surface area contributed by atoms with Crippen LogP contribution in [0.15, 0.2) is 10.7 Å². The first-order chi connectivity index (χ1) is 7.60. The summed E-state index contributed by atoms with van der Waals surface area (Å²) >= 11 is 3.52. The van der Waals surface area contributed by atoms with Crippen molar-refractivity contribution in [2.75, 3.05) is 17.6 Å². The van der Waals surface area contributed by atoms with E-state index in [2.05, 4.69) is 40.1 Å². The molecule has 3 nitrogen and oxygen atoms in total. The highest BCUT2D eigenvalue weighted by Gasteiger charge is 2.09. The molecule has 0 bridgehead atoms. The van der Waals surface area contributed by atoms with Gasteiger partial charge in [0.25, 0.3) is 0 Å². The van der Waals surface area contributed by atoms with Crippen LogP contribution in [0.3, 0.4) is 0 Å². The van der Waals surface area contributed by atoms with Gasteiger partial charge < -0.3 is 11.1 Å². The van der Waals surface area contributed by atoms with Gasteiger partial charge in [-0.3, -0.25) is 0 Å². The van der Waals surface area contributed by atoms with Crippen LogP contribution in [-0.4, -0.2) is 11.5 Å². The third-order valence-electron chi connectivity index (χ3n) is 3.02. The molecule has 4 heteroatoms. The number of nitrogens with two attached hydrogens (primary N) is 1. The summed E-state index contributed by atoms with van der Waals surface area (Å²) in [5, 5.41) is 3.37. The Morgan fingerprint density at radius 2 is 2.06 bits per heavy atom. The smallest absolute Gasteiger partial charge is 0.140 e. The van der Waals surface area contributed by atoms with Crippen molar-refractivity contribution in [3.05, 3.63) is 16.2 Å². The van der Waals surface area contributed by atoms with E-state index in [9.17, 15) is 0 Å². The molecule has 0 spiro atoms. The molecule has 16 heavy (non-hydrogen) atoms. The maximum absolute atomic E-state index is 5.78. The fraction of sp³-hybridized carbons (Fsp3) is 0.583. The zero-order chi connectivity index (χ0) is 12.1. The summed E-state index contributed by atoms with van der Waals surface area (Å²) < 4.78 is 0.971. The molecule has 0 aliphatic rings. The molecule has 0 saturated heterocycles. The molecule has 1 aromatic heterocycles. The van der Waals surface area contributed by atoms with E-state index in [0.717, 1.165) is 28.1 Å². The van der Waals surface area contributed by atoms with E-state index in [1.165, 1.54) is 12.8 Å². The Morgan fingerprint density at radius 1 is 1.44 bits per heavy atom. The van der Waals surface area contributed by atoms with E-state index in [1.807, 2.05) is 6.92 Å². The van der Waals surface area contributed by atoms with E-state index in [4.69, 9.17) is 5.73 Å². The van der Waals surface area contributed by atoms with E-state index in [1.54, 1.807) is 6.20 Å². The molecule has 0 aliphatic carbocycles. The number of nitrogen functional groups attached to an aromatic ring is 1. The highest BCUT2D eigenvalue weighted by molar-refractivity contribution is 9.10. The van der Waals surface area contributed by atoms with Gasteiger partial charge in [0.05, 0.1) is 16.4 Å². The van der Waals surface area contributed by atoms with Gasteiger partial charge in [-0.25, -0.2) is 4.98 Å². The van der Waals surface area contributed by atoms with Crippen molar-refractivity contribution in [1.82, 2.24) is 4.98 Å². The Labute approximate surface area is 106 Å². The molecule has 0 aliphatic heterocycles. The van der Waals surface area contributed by atoms with Gasteiger partial charge in [0.1, 0.15) is 5.82 Å². The predicted molar refractivity (Wildman–Crippen MR) is 73.6 cm³/mol. The minimum absolute atomic E-state index is 0.701. The first-order valence-corrected chi connectivity index (χ1v) is 6.53. The molecule has 0 amide bonds. The molecule has 0 fully saturated rings. The van der Waals surface area contributed by atoms with E-state index in [0.29, 0.717) is 5.92 Å². The maximum Gasteiger partial charge on any atom is 0.140 e. The lowest BCUT2D eigenvalue weighted by Crippen LogP contribution is -2.14. The fourth-order valence-electron chi connectivity index (χ4n) is 1.53. The molecular formula is C12H20BrN3. The quantitative estimate of drug-likeness (QED) is 0.869. The van der Waals surface area contributed by atoms with Gasteiger partial charge in [-0.05, 0) is 34.3 Å². The second-order valence-electron chi connectivity index (χ2n) is 4.06. The Bertz CT molecular complexity index is 348. The third-order valence-corrected chi connectivity index (χ3v) is 3.99. The molecule has 1 aromatic rings. The van der Waals surface area contributed by atoms with Crippen LogP contribution in [0.4, 0.5) is 11.5 Å². The number of anilines is 2. The van der Waals surface area contributed by atoms with Crippen molar-refractivity contribution in [2.45, 2.75) is 33.6 Å². The molecular weight excluding hydrogens is 266 g/mol. The molecule has 1 heterocycles. The number of rotatable bonds is 5. The van der Waals surface area contributed by atoms with Crippen molar-refractivity contribution in [3.8, 4) is 0 Å². The van der Waals surface area contributed by atoms with Gasteiger partial charge in [-0.2, -0.15) is 0 Å². The number of aromatic nitrogens is 1. The molecule has 0 radical (unpaired) electrons. The summed E-state index contributed by atoms with van der Waals surface area (Å²) in [5.74, 6) is 1.59. The number of nitrogens with zero attached hydrogens (tertiary/aromatic N) is 1. The Balaban J connectivity index is 2.71. The van der Waals surface area contributed by atoms with Crippen LogP contribution < -0.4 is 11.1 Å². The van der Waals surface area contributed by atoms with Crippen LogP contribution >= 0.6 is 15.9 Å². The topological polar surface area (TPSA) is 50.9 Å². The van der Waals surface area contributed by atoms with E-state index < -0.39 is 0 Å². The Morgan fingerprint density at radius 3 is 2.62 bits per heavy atom. The molecule has 0 saturated carbocycles. The number of pyridine rings is 1. The average molecular weight is 286 g/mol. The van der Waals surface area contributed by atoms with Gasteiger partial charge in [0.2, 0.25) is 0 Å². The van der Waals surface area contributed by atoms with Gasteiger partial charge in [-0.1, -0.05) is 26.7 Å². The summed E-state index contributed by atoms with van der Waals surface area (Å²) in [6.45, 7) is 7.38. The zero-order valence-electron chi connectivity index (χ0n) is 10.2. The molecule has 0 aromatic carbocycles. The summed E-state index contributed by atoms with van der Waals surface area (Å²) in [4.78, 5) is 4.30. The third kappa shape index (κ3) is 3.11. The summed E-state index contributed by atoms with van der Waals surface area (Å²) in [7, 11) is 0. The summed E-state index contributed by atoms with van der Waals surface area (Å²) in [5.41, 5.74) is 7.54. The maximum atomic E-state index is 5.78. The first-order valence-electron chi connectivity index (χ1n) is 5.74. The van der Waals surface area contributed by atoms with Crippen LogP contribution in [-0.2, 0) is 0 Å². The summed E-state index contributed by atoms with van der Waals surface area (Å²) in [6, 6.07) is 0. The molecule has 1 rings (SSSR count). The van der Waals surface area contributed by atoms with Crippen LogP contribution in [0.1, 0.15) is 32.3 Å². The zero-order valence-corrected chi connectivity index (χ0v) is 11.8. The van der Waals surface area contributed by atoms with Crippen molar-refractivity contribution in [1.29, 1.82) is 0 Å². The van der Waals surface area contributed by atoms with Crippen molar-refractivity contribution < 1.29 is 0 Å². The summed E-state index contributed by atoms with van der Waals surface area (Å²) in [6.07, 6.45) is 4.08. The highest BCUT2D eigenvalue weighted by Crippen LogP contribution is 2.27. The second kappa shape index (κ2) is 6.09. The standard InChI is InChI=1S/C12H20BrN3/c1-4-9(5-2)6-15-12-11(13)8(3)10(14)7-16-12/h7,9H,4-6,14H2,1-3H3,(H,15,16). The highest BCUT2D eigenvalue weighted by atomic mass is 79.9. The van der Waals surface area contributed by atoms with Crippen LogP contribution in [0.5, 0.6) is 0 Å². The van der Waals surface area contributed by atoms with Crippen LogP contribution in [0, 0.1) is 12.8 Å². The van der Waals surface area contributed by atoms with Gasteiger partial charge in [0.15, 0.2) is 0 Å². The Hall–Kier alpha value is -0.770. The second-order valence-corrected chi connectivity index (χ2v) is 4.86. The lowest BCUT2D eigenvalue weighted by atomic mass is 10.0. The van der Waals surface area contributed by atoms with Crippen LogP contribution in [0.25, 0.3) is 0 Å². The van der Waals surface area contributed by atoms with Crippen molar-refractivity contribution >= 4 is 27.4 Å². The fourth-order valence-corrected chi connectivity index (χ4v) is 2.01. The molecule has 0 unspecified atom stereocenters. The number of nitrogens with one attached hydrogen (secondary N) is 1. The first kappa shape index (κ1) is 13.3. The van der Waals surface area contributed by atoms with Crippen LogP contribution in [0.2, 0.25) is 0 Å². The number of hydrogen-bond acceptors (Lipinski definition) is 3. The van der Waals surface area contributed by atoms with E-state index in [-0.39, 0.29) is 0 Å². The normalized spacial score (nSPS) is 10.8. The lowest BCUT2D eigenvalue weighted by molar-refractivity contribution is 0.518. The van der Waals surface area contributed by atoms with E-state index >= 15 is 0 Å². The SMILES string of the molecule is CCC(CC)CNc1ncc(N)c(C)c1Br. The van der Waals surface area contributed by atoms with Crippen molar-refractivity contribution in [3.63, 3.8) is 0 Å². The molecule has 90 valence electrons. The number of hydrogen-bond donors (Lipinski definition) is 2. The van der Waals surface area contributed by atoms with Gasteiger partial charge in [-0.15, -0.1) is 0 Å². The van der Waals surface area contributed by atoms with Crippen molar-refractivity contribution in [2.24, 2.45) is 5.92 Å². The monoisotopic (exact) mass is 285 g/mol. The minimum Gasteiger partial charge on any atom is -0.397 e. The molecule has 0 atom stereocenters. The van der Waals surface area contributed by atoms with Gasteiger partial charge >= 0.3 is 0 Å². The lowest BCUT2D eigenvalue weighted by Gasteiger charge is -2.15. The largest absolute Gasteiger partial charge is 0.397 e. The Kier molecular flexibility index (Phi) is 5.06.